The Morgan fingerprint density at radius 1 is 1.57 bits per heavy atom. The Kier molecular flexibility index (Phi) is 3.55. The van der Waals surface area contributed by atoms with Crippen LogP contribution in [0.25, 0.3) is 11.3 Å². The second kappa shape index (κ2) is 5.51. The van der Waals surface area contributed by atoms with Gasteiger partial charge < -0.3 is 9.47 Å². The van der Waals surface area contributed by atoms with Crippen LogP contribution in [0.1, 0.15) is 23.7 Å². The molecule has 2 aromatic heterocycles. The highest BCUT2D eigenvalue weighted by Gasteiger charge is 2.30. The summed E-state index contributed by atoms with van der Waals surface area (Å²) in [6.07, 6.45) is 2.13. The third-order valence-corrected chi connectivity index (χ3v) is 3.15. The van der Waals surface area contributed by atoms with E-state index in [1.807, 2.05) is 0 Å². The van der Waals surface area contributed by atoms with Gasteiger partial charge in [-0.05, 0) is 19.1 Å². The predicted octanol–water partition coefficient (Wildman–Crippen LogP) is 2.04. The van der Waals surface area contributed by atoms with Crippen LogP contribution in [0.2, 0.25) is 0 Å². The molecule has 1 aliphatic heterocycles. The lowest BCUT2D eigenvalue weighted by atomic mass is 10.1. The smallest absolute Gasteiger partial charge is 0.345 e. The molecule has 1 aliphatic rings. The molecule has 6 nitrogen and oxygen atoms in total. The quantitative estimate of drug-likeness (QED) is 0.639. The Morgan fingerprint density at radius 2 is 2.43 bits per heavy atom. The van der Waals surface area contributed by atoms with Crippen molar-refractivity contribution in [2.24, 2.45) is 0 Å². The topological polar surface area (TPSA) is 66.2 Å². The van der Waals surface area contributed by atoms with Crippen molar-refractivity contribution in [1.29, 1.82) is 0 Å². The molecule has 21 heavy (non-hydrogen) atoms. The summed E-state index contributed by atoms with van der Waals surface area (Å²) in [5.41, 5.74) is 0.519. The van der Waals surface area contributed by atoms with Crippen molar-refractivity contribution in [2.75, 3.05) is 13.2 Å². The summed E-state index contributed by atoms with van der Waals surface area (Å²) in [5.74, 6) is -0.921. The molecule has 0 fully saturated rings. The summed E-state index contributed by atoms with van der Waals surface area (Å²) in [4.78, 5) is 15.8. The van der Waals surface area contributed by atoms with E-state index in [1.54, 1.807) is 17.7 Å². The number of halogens is 1. The fraction of sp³-hybridized carbons (Fsp3) is 0.357. The Balaban J connectivity index is 2.18. The average molecular weight is 291 g/mol. The molecular formula is C14H14FN3O3. The molecule has 3 rings (SSSR count). The van der Waals surface area contributed by atoms with Crippen LogP contribution in [0, 0.1) is 5.95 Å². The van der Waals surface area contributed by atoms with Crippen LogP contribution >= 0.6 is 0 Å². The minimum Gasteiger partial charge on any atom is -0.477 e. The molecule has 2 aromatic rings. The van der Waals surface area contributed by atoms with Gasteiger partial charge in [-0.25, -0.2) is 14.5 Å². The lowest BCUT2D eigenvalue weighted by Crippen LogP contribution is -2.16. The van der Waals surface area contributed by atoms with Crippen molar-refractivity contribution in [1.82, 2.24) is 14.8 Å². The number of hydrogen-bond acceptors (Lipinski definition) is 5. The molecule has 0 saturated heterocycles. The fourth-order valence-corrected chi connectivity index (χ4v) is 2.27. The number of nitrogens with zero attached hydrogens (tertiary/aromatic N) is 3. The SMILES string of the molecule is CCOC(=O)c1c(-c2cccnc2F)nn2c1OCCC2. The summed E-state index contributed by atoms with van der Waals surface area (Å²) in [6.45, 7) is 3.04. The van der Waals surface area contributed by atoms with Gasteiger partial charge in [-0.2, -0.15) is 9.49 Å². The van der Waals surface area contributed by atoms with Crippen molar-refractivity contribution < 1.29 is 18.7 Å². The van der Waals surface area contributed by atoms with E-state index in [1.165, 1.54) is 12.3 Å². The molecule has 0 saturated carbocycles. The average Bonchev–Trinajstić information content (AvgIpc) is 2.87. The first-order valence-electron chi connectivity index (χ1n) is 6.74. The molecule has 0 radical (unpaired) electrons. The number of hydrogen-bond donors (Lipinski definition) is 0. The third-order valence-electron chi connectivity index (χ3n) is 3.15. The zero-order chi connectivity index (χ0) is 14.8. The number of fused-ring (bicyclic) bond motifs is 1. The van der Waals surface area contributed by atoms with E-state index in [-0.39, 0.29) is 23.4 Å². The monoisotopic (exact) mass is 291 g/mol. The lowest BCUT2D eigenvalue weighted by Gasteiger charge is -2.15. The Morgan fingerprint density at radius 3 is 3.19 bits per heavy atom. The molecule has 0 N–H and O–H groups in total. The van der Waals surface area contributed by atoms with E-state index < -0.39 is 11.9 Å². The number of carbonyl (C=O) groups is 1. The highest BCUT2D eigenvalue weighted by Crippen LogP contribution is 2.33. The van der Waals surface area contributed by atoms with E-state index in [2.05, 4.69) is 10.1 Å². The van der Waals surface area contributed by atoms with Crippen molar-refractivity contribution in [3.05, 3.63) is 29.8 Å². The number of aryl methyl sites for hydroxylation is 1. The van der Waals surface area contributed by atoms with Crippen LogP contribution in [-0.4, -0.2) is 33.9 Å². The van der Waals surface area contributed by atoms with Gasteiger partial charge in [0.25, 0.3) is 0 Å². The van der Waals surface area contributed by atoms with Gasteiger partial charge in [0.1, 0.15) is 11.3 Å². The largest absolute Gasteiger partial charge is 0.477 e. The molecule has 3 heterocycles. The fourth-order valence-electron chi connectivity index (χ4n) is 2.27. The predicted molar refractivity (Wildman–Crippen MR) is 71.5 cm³/mol. The van der Waals surface area contributed by atoms with Gasteiger partial charge >= 0.3 is 5.97 Å². The van der Waals surface area contributed by atoms with Crippen molar-refractivity contribution in [3.63, 3.8) is 0 Å². The van der Waals surface area contributed by atoms with Gasteiger partial charge in [-0.1, -0.05) is 0 Å². The highest BCUT2D eigenvalue weighted by atomic mass is 19.1. The Labute approximate surface area is 120 Å². The van der Waals surface area contributed by atoms with Gasteiger partial charge in [0.2, 0.25) is 11.8 Å². The summed E-state index contributed by atoms with van der Waals surface area (Å²) in [6, 6.07) is 3.12. The van der Waals surface area contributed by atoms with Gasteiger partial charge in [0.05, 0.1) is 18.8 Å². The zero-order valence-electron chi connectivity index (χ0n) is 11.5. The highest BCUT2D eigenvalue weighted by molar-refractivity contribution is 5.98. The number of carbonyl (C=O) groups excluding carboxylic acids is 1. The first-order chi connectivity index (χ1) is 10.2. The molecular weight excluding hydrogens is 277 g/mol. The first kappa shape index (κ1) is 13.5. The van der Waals surface area contributed by atoms with E-state index in [4.69, 9.17) is 9.47 Å². The van der Waals surface area contributed by atoms with E-state index in [0.29, 0.717) is 19.0 Å². The molecule has 0 aliphatic carbocycles. The van der Waals surface area contributed by atoms with Crippen LogP contribution in [0.3, 0.4) is 0 Å². The summed E-state index contributed by atoms with van der Waals surface area (Å²) >= 11 is 0. The number of pyridine rings is 1. The molecule has 0 bridgehead atoms. The lowest BCUT2D eigenvalue weighted by molar-refractivity contribution is 0.0520. The van der Waals surface area contributed by atoms with Gasteiger partial charge in [0, 0.05) is 19.2 Å². The molecule has 0 unspecified atom stereocenters. The van der Waals surface area contributed by atoms with Crippen LogP contribution in [0.5, 0.6) is 5.88 Å². The van der Waals surface area contributed by atoms with E-state index in [9.17, 15) is 9.18 Å². The Hall–Kier alpha value is -2.44. The number of aromatic nitrogens is 3. The molecule has 110 valence electrons. The van der Waals surface area contributed by atoms with Crippen LogP contribution < -0.4 is 4.74 Å². The third kappa shape index (κ3) is 2.35. The standard InChI is InChI=1S/C14H14FN3O3/c1-2-20-14(19)10-11(9-5-3-6-16-12(9)15)17-18-7-4-8-21-13(10)18/h3,5-6H,2,4,7-8H2,1H3. The van der Waals surface area contributed by atoms with Gasteiger partial charge in [-0.15, -0.1) is 0 Å². The van der Waals surface area contributed by atoms with E-state index in [0.717, 1.165) is 6.42 Å². The van der Waals surface area contributed by atoms with Crippen LogP contribution in [0.4, 0.5) is 4.39 Å². The molecule has 0 amide bonds. The minimum absolute atomic E-state index is 0.156. The second-order valence-corrected chi connectivity index (χ2v) is 4.52. The Bertz CT molecular complexity index is 684. The molecule has 7 heteroatoms. The summed E-state index contributed by atoms with van der Waals surface area (Å²) in [5, 5.41) is 4.30. The maximum Gasteiger partial charge on any atom is 0.345 e. The van der Waals surface area contributed by atoms with Crippen LogP contribution in [0.15, 0.2) is 18.3 Å². The summed E-state index contributed by atoms with van der Waals surface area (Å²) < 4.78 is 26.0. The van der Waals surface area contributed by atoms with Crippen molar-refractivity contribution in [3.8, 4) is 17.1 Å². The van der Waals surface area contributed by atoms with E-state index >= 15 is 0 Å². The molecule has 0 aromatic carbocycles. The number of esters is 1. The molecule has 0 spiro atoms. The first-order valence-corrected chi connectivity index (χ1v) is 6.74. The number of rotatable bonds is 3. The minimum atomic E-state index is -0.682. The summed E-state index contributed by atoms with van der Waals surface area (Å²) in [7, 11) is 0. The second-order valence-electron chi connectivity index (χ2n) is 4.52. The van der Waals surface area contributed by atoms with Crippen molar-refractivity contribution >= 4 is 5.97 Å². The van der Waals surface area contributed by atoms with Crippen LogP contribution in [-0.2, 0) is 11.3 Å². The maximum absolute atomic E-state index is 13.9. The maximum atomic E-state index is 13.9. The normalized spacial score (nSPS) is 13.4. The van der Waals surface area contributed by atoms with Gasteiger partial charge in [-0.3, -0.25) is 0 Å². The van der Waals surface area contributed by atoms with Gasteiger partial charge in [0.15, 0.2) is 0 Å². The molecule has 0 atom stereocenters. The van der Waals surface area contributed by atoms with Crippen molar-refractivity contribution in [2.45, 2.75) is 19.9 Å². The number of ether oxygens (including phenoxy) is 2. The zero-order valence-corrected chi connectivity index (χ0v) is 11.5.